The van der Waals surface area contributed by atoms with Gasteiger partial charge >= 0.3 is 0 Å². The van der Waals surface area contributed by atoms with Gasteiger partial charge in [0.15, 0.2) is 0 Å². The van der Waals surface area contributed by atoms with E-state index in [-0.39, 0.29) is 5.91 Å². The van der Waals surface area contributed by atoms with Crippen LogP contribution in [0.25, 0.3) is 0 Å². The normalized spacial score (nSPS) is 19.2. The highest BCUT2D eigenvalue weighted by molar-refractivity contribution is 7.12. The van der Waals surface area contributed by atoms with Crippen molar-refractivity contribution in [1.29, 1.82) is 0 Å². The number of amides is 1. The second kappa shape index (κ2) is 6.89. The molecule has 20 heavy (non-hydrogen) atoms. The lowest BCUT2D eigenvalue weighted by molar-refractivity contribution is 0.0648. The highest BCUT2D eigenvalue weighted by Gasteiger charge is 2.26. The standard InChI is InChI=1S/C15H21N3OS/c1-17-9-4-6-13(11-17)18(2)15(19)14-12(5-3-8-16)7-10-20-14/h7,10,13H,4,6,8-9,11,16H2,1-2H3. The van der Waals surface area contributed by atoms with E-state index in [2.05, 4.69) is 23.8 Å². The van der Waals surface area contributed by atoms with E-state index < -0.39 is 0 Å². The highest BCUT2D eigenvalue weighted by atomic mass is 32.1. The Morgan fingerprint density at radius 3 is 3.15 bits per heavy atom. The average Bonchev–Trinajstić information content (AvgIpc) is 2.91. The molecule has 1 amide bonds. The Morgan fingerprint density at radius 1 is 1.65 bits per heavy atom. The van der Waals surface area contributed by atoms with Crippen LogP contribution in [0.4, 0.5) is 0 Å². The summed E-state index contributed by atoms with van der Waals surface area (Å²) in [4.78, 5) is 17.5. The molecule has 0 aromatic carbocycles. The Balaban J connectivity index is 2.12. The van der Waals surface area contributed by atoms with Gasteiger partial charge in [-0.3, -0.25) is 4.79 Å². The van der Waals surface area contributed by atoms with E-state index in [1.807, 2.05) is 23.4 Å². The van der Waals surface area contributed by atoms with Crippen LogP contribution in [-0.4, -0.2) is 55.5 Å². The molecular formula is C15H21N3OS. The molecule has 1 saturated heterocycles. The smallest absolute Gasteiger partial charge is 0.265 e. The third-order valence-corrected chi connectivity index (χ3v) is 4.55. The summed E-state index contributed by atoms with van der Waals surface area (Å²) in [5.41, 5.74) is 6.19. The number of rotatable bonds is 2. The molecule has 2 N–H and O–H groups in total. The number of likely N-dealkylation sites (N-methyl/N-ethyl adjacent to an activating group) is 2. The molecular weight excluding hydrogens is 270 g/mol. The van der Waals surface area contributed by atoms with Crippen LogP contribution in [0.2, 0.25) is 0 Å². The lowest BCUT2D eigenvalue weighted by Gasteiger charge is -2.35. The van der Waals surface area contributed by atoms with Crippen LogP contribution >= 0.6 is 11.3 Å². The molecule has 0 aliphatic carbocycles. The summed E-state index contributed by atoms with van der Waals surface area (Å²) in [7, 11) is 4.00. The molecule has 1 aromatic heterocycles. The zero-order valence-electron chi connectivity index (χ0n) is 12.1. The molecule has 1 aromatic rings. The molecule has 5 heteroatoms. The van der Waals surface area contributed by atoms with Gasteiger partial charge in [0.2, 0.25) is 0 Å². The Hall–Kier alpha value is -1.35. The van der Waals surface area contributed by atoms with Crippen molar-refractivity contribution in [2.75, 3.05) is 33.7 Å². The van der Waals surface area contributed by atoms with Crippen LogP contribution < -0.4 is 5.73 Å². The van der Waals surface area contributed by atoms with Crippen molar-refractivity contribution in [2.24, 2.45) is 5.73 Å². The Morgan fingerprint density at radius 2 is 2.45 bits per heavy atom. The van der Waals surface area contributed by atoms with Crippen molar-refractivity contribution in [3.8, 4) is 11.8 Å². The molecule has 1 fully saturated rings. The number of carbonyl (C=O) groups excluding carboxylic acids is 1. The molecule has 0 saturated carbocycles. The monoisotopic (exact) mass is 291 g/mol. The zero-order valence-corrected chi connectivity index (χ0v) is 12.9. The van der Waals surface area contributed by atoms with Gasteiger partial charge in [0.05, 0.1) is 6.54 Å². The predicted molar refractivity (Wildman–Crippen MR) is 82.9 cm³/mol. The first-order valence-corrected chi connectivity index (χ1v) is 7.73. The summed E-state index contributed by atoms with van der Waals surface area (Å²) >= 11 is 1.45. The maximum Gasteiger partial charge on any atom is 0.265 e. The van der Waals surface area contributed by atoms with Crippen molar-refractivity contribution >= 4 is 17.2 Å². The molecule has 2 rings (SSSR count). The first kappa shape index (κ1) is 15.0. The molecule has 0 bridgehead atoms. The summed E-state index contributed by atoms with van der Waals surface area (Å²) in [5.74, 6) is 5.87. The predicted octanol–water partition coefficient (Wildman–Crippen LogP) is 1.22. The minimum Gasteiger partial charge on any atom is -0.337 e. The molecule has 0 spiro atoms. The molecule has 4 nitrogen and oxygen atoms in total. The first-order valence-electron chi connectivity index (χ1n) is 6.85. The maximum atomic E-state index is 12.6. The highest BCUT2D eigenvalue weighted by Crippen LogP contribution is 2.21. The van der Waals surface area contributed by atoms with Gasteiger partial charge in [-0.15, -0.1) is 11.3 Å². The van der Waals surface area contributed by atoms with Crippen LogP contribution in [0.1, 0.15) is 28.1 Å². The van der Waals surface area contributed by atoms with E-state index in [4.69, 9.17) is 5.73 Å². The van der Waals surface area contributed by atoms with E-state index in [0.29, 0.717) is 12.6 Å². The van der Waals surface area contributed by atoms with Gasteiger partial charge in [-0.2, -0.15) is 0 Å². The second-order valence-corrected chi connectivity index (χ2v) is 6.06. The summed E-state index contributed by atoms with van der Waals surface area (Å²) in [6.45, 7) is 2.37. The van der Waals surface area contributed by atoms with Gasteiger partial charge in [-0.05, 0) is 37.9 Å². The number of hydrogen-bond acceptors (Lipinski definition) is 4. The Bertz CT molecular complexity index is 529. The number of nitrogens with two attached hydrogens (primary N) is 1. The van der Waals surface area contributed by atoms with Crippen molar-refractivity contribution in [3.05, 3.63) is 21.9 Å². The molecule has 1 aliphatic rings. The van der Waals surface area contributed by atoms with Gasteiger partial charge in [0, 0.05) is 25.2 Å². The van der Waals surface area contributed by atoms with Crippen molar-refractivity contribution in [2.45, 2.75) is 18.9 Å². The van der Waals surface area contributed by atoms with Gasteiger partial charge in [0.1, 0.15) is 4.88 Å². The van der Waals surface area contributed by atoms with Gasteiger partial charge in [0.25, 0.3) is 5.91 Å². The SMILES string of the molecule is CN1CCCC(N(C)C(=O)c2sccc2C#CCN)C1. The van der Waals surface area contributed by atoms with E-state index >= 15 is 0 Å². The number of piperidine rings is 1. The maximum absolute atomic E-state index is 12.6. The third-order valence-electron chi connectivity index (χ3n) is 3.65. The fourth-order valence-corrected chi connectivity index (χ4v) is 3.33. The minimum atomic E-state index is 0.0709. The summed E-state index contributed by atoms with van der Waals surface area (Å²) in [6.07, 6.45) is 2.21. The van der Waals surface area contributed by atoms with Crippen molar-refractivity contribution in [3.63, 3.8) is 0 Å². The number of thiophene rings is 1. The van der Waals surface area contributed by atoms with Gasteiger partial charge in [-0.1, -0.05) is 11.8 Å². The second-order valence-electron chi connectivity index (χ2n) is 5.14. The van der Waals surface area contributed by atoms with Crippen molar-refractivity contribution in [1.82, 2.24) is 9.80 Å². The van der Waals surface area contributed by atoms with E-state index in [1.54, 1.807) is 0 Å². The molecule has 0 radical (unpaired) electrons. The molecule has 2 heterocycles. The van der Waals surface area contributed by atoms with Crippen molar-refractivity contribution < 1.29 is 4.79 Å². The minimum absolute atomic E-state index is 0.0709. The van der Waals surface area contributed by atoms with Crippen LogP contribution in [0, 0.1) is 11.8 Å². The van der Waals surface area contributed by atoms with E-state index in [9.17, 15) is 4.79 Å². The van der Waals surface area contributed by atoms with Crippen LogP contribution in [-0.2, 0) is 0 Å². The first-order chi connectivity index (χ1) is 9.63. The fraction of sp³-hybridized carbons (Fsp3) is 0.533. The van der Waals surface area contributed by atoms with E-state index in [0.717, 1.165) is 36.4 Å². The third kappa shape index (κ3) is 3.40. The van der Waals surface area contributed by atoms with Crippen LogP contribution in [0.5, 0.6) is 0 Å². The average molecular weight is 291 g/mol. The molecule has 1 unspecified atom stereocenters. The summed E-state index contributed by atoms with van der Waals surface area (Å²) in [5, 5.41) is 1.91. The largest absolute Gasteiger partial charge is 0.337 e. The number of nitrogens with zero attached hydrogens (tertiary/aromatic N) is 2. The number of carbonyl (C=O) groups is 1. The molecule has 1 atom stereocenters. The Kier molecular flexibility index (Phi) is 5.18. The number of likely N-dealkylation sites (tertiary alicyclic amines) is 1. The van der Waals surface area contributed by atoms with Gasteiger partial charge < -0.3 is 15.5 Å². The fourth-order valence-electron chi connectivity index (χ4n) is 2.50. The molecule has 1 aliphatic heterocycles. The Labute approximate surface area is 124 Å². The molecule has 108 valence electrons. The van der Waals surface area contributed by atoms with Crippen LogP contribution in [0.15, 0.2) is 11.4 Å². The van der Waals surface area contributed by atoms with Crippen LogP contribution in [0.3, 0.4) is 0 Å². The van der Waals surface area contributed by atoms with Gasteiger partial charge in [-0.25, -0.2) is 0 Å². The lowest BCUT2D eigenvalue weighted by Crippen LogP contribution is -2.47. The van der Waals surface area contributed by atoms with E-state index in [1.165, 1.54) is 11.3 Å². The number of hydrogen-bond donors (Lipinski definition) is 1. The zero-order chi connectivity index (χ0) is 14.5. The summed E-state index contributed by atoms with van der Waals surface area (Å²) < 4.78 is 0. The summed E-state index contributed by atoms with van der Waals surface area (Å²) in [6, 6.07) is 2.18. The quantitative estimate of drug-likeness (QED) is 0.834. The topological polar surface area (TPSA) is 49.6 Å². The lowest BCUT2D eigenvalue weighted by atomic mass is 10.0.